The average molecular weight is 394 g/mol. The maximum absolute atomic E-state index is 12.2. The summed E-state index contributed by atoms with van der Waals surface area (Å²) in [6.45, 7) is -0.263. The summed E-state index contributed by atoms with van der Waals surface area (Å²) in [6, 6.07) is 10.9. The summed E-state index contributed by atoms with van der Waals surface area (Å²) < 4.78 is 41.2. The van der Waals surface area contributed by atoms with Crippen LogP contribution in [-0.4, -0.2) is 53.6 Å². The maximum Gasteiger partial charge on any atom is 0.262 e. The molecular formula is C18H22N2O6S. The van der Waals surface area contributed by atoms with Gasteiger partial charge in [0, 0.05) is 38.0 Å². The van der Waals surface area contributed by atoms with Gasteiger partial charge in [0.25, 0.3) is 5.91 Å². The summed E-state index contributed by atoms with van der Waals surface area (Å²) in [5.74, 6) is 1.04. The molecule has 0 saturated carbocycles. The Morgan fingerprint density at radius 2 is 1.59 bits per heavy atom. The highest BCUT2D eigenvalue weighted by Gasteiger charge is 2.17. The molecule has 9 heteroatoms. The van der Waals surface area contributed by atoms with Crippen molar-refractivity contribution in [3.05, 3.63) is 42.5 Å². The van der Waals surface area contributed by atoms with Crippen molar-refractivity contribution in [2.45, 2.75) is 4.90 Å². The molecule has 2 aromatic rings. The zero-order chi connectivity index (χ0) is 20.0. The van der Waals surface area contributed by atoms with Crippen LogP contribution in [-0.2, 0) is 14.8 Å². The number of ether oxygens (including phenoxy) is 3. The Kier molecular flexibility index (Phi) is 6.65. The van der Waals surface area contributed by atoms with Crippen molar-refractivity contribution in [3.63, 3.8) is 0 Å². The zero-order valence-electron chi connectivity index (χ0n) is 15.6. The third kappa shape index (κ3) is 5.35. The zero-order valence-corrected chi connectivity index (χ0v) is 16.4. The molecule has 146 valence electrons. The third-order valence-electron chi connectivity index (χ3n) is 3.59. The van der Waals surface area contributed by atoms with Crippen LogP contribution in [0.2, 0.25) is 0 Å². The van der Waals surface area contributed by atoms with E-state index in [0.717, 1.165) is 4.31 Å². The van der Waals surface area contributed by atoms with E-state index in [1.165, 1.54) is 40.4 Å². The lowest BCUT2D eigenvalue weighted by atomic mass is 10.3. The van der Waals surface area contributed by atoms with Crippen LogP contribution in [0.1, 0.15) is 0 Å². The molecule has 0 atom stereocenters. The van der Waals surface area contributed by atoms with Crippen LogP contribution in [0.4, 0.5) is 5.69 Å². The van der Waals surface area contributed by atoms with E-state index >= 15 is 0 Å². The summed E-state index contributed by atoms with van der Waals surface area (Å²) in [5.41, 5.74) is 0.356. The van der Waals surface area contributed by atoms with Gasteiger partial charge in [0.1, 0.15) is 17.2 Å². The summed E-state index contributed by atoms with van der Waals surface area (Å²) in [6.07, 6.45) is 0. The highest BCUT2D eigenvalue weighted by Crippen LogP contribution is 2.27. The Morgan fingerprint density at radius 3 is 2.15 bits per heavy atom. The SMILES string of the molecule is COc1cc(OC)cc(OCC(=O)Nc2cccc(S(=O)(=O)N(C)C)c2)c1. The molecule has 27 heavy (non-hydrogen) atoms. The fourth-order valence-corrected chi connectivity index (χ4v) is 3.10. The number of amides is 1. The van der Waals surface area contributed by atoms with Crippen LogP contribution in [0.3, 0.4) is 0 Å². The lowest BCUT2D eigenvalue weighted by Crippen LogP contribution is -2.23. The number of nitrogens with one attached hydrogen (secondary N) is 1. The second kappa shape index (κ2) is 8.74. The van der Waals surface area contributed by atoms with E-state index in [-0.39, 0.29) is 11.5 Å². The highest BCUT2D eigenvalue weighted by atomic mass is 32.2. The van der Waals surface area contributed by atoms with Crippen molar-refractivity contribution in [1.82, 2.24) is 4.31 Å². The minimum atomic E-state index is -3.58. The summed E-state index contributed by atoms with van der Waals surface area (Å²) >= 11 is 0. The van der Waals surface area contributed by atoms with E-state index in [0.29, 0.717) is 22.9 Å². The van der Waals surface area contributed by atoms with Gasteiger partial charge in [-0.05, 0) is 18.2 Å². The fraction of sp³-hybridized carbons (Fsp3) is 0.278. The van der Waals surface area contributed by atoms with Crippen molar-refractivity contribution in [3.8, 4) is 17.2 Å². The van der Waals surface area contributed by atoms with E-state index in [2.05, 4.69) is 5.32 Å². The monoisotopic (exact) mass is 394 g/mol. The molecule has 0 heterocycles. The van der Waals surface area contributed by atoms with Gasteiger partial charge in [-0.15, -0.1) is 0 Å². The number of rotatable bonds is 8. The quantitative estimate of drug-likeness (QED) is 0.736. The van der Waals surface area contributed by atoms with E-state index in [1.807, 2.05) is 0 Å². The van der Waals surface area contributed by atoms with Gasteiger partial charge in [-0.3, -0.25) is 4.79 Å². The van der Waals surface area contributed by atoms with Crippen molar-refractivity contribution < 1.29 is 27.4 Å². The van der Waals surface area contributed by atoms with Crippen LogP contribution < -0.4 is 19.5 Å². The molecule has 0 spiro atoms. The number of sulfonamides is 1. The predicted molar refractivity (Wildman–Crippen MR) is 101 cm³/mol. The second-order valence-electron chi connectivity index (χ2n) is 5.70. The Bertz CT molecular complexity index is 890. The molecule has 0 aliphatic carbocycles. The first-order valence-corrected chi connectivity index (χ1v) is 9.38. The molecule has 0 aliphatic rings. The average Bonchev–Trinajstić information content (AvgIpc) is 2.66. The first-order valence-electron chi connectivity index (χ1n) is 7.94. The third-order valence-corrected chi connectivity index (χ3v) is 5.40. The Labute approximate surface area is 158 Å². The highest BCUT2D eigenvalue weighted by molar-refractivity contribution is 7.89. The normalized spacial score (nSPS) is 11.1. The van der Waals surface area contributed by atoms with Crippen LogP contribution in [0, 0.1) is 0 Å². The van der Waals surface area contributed by atoms with Gasteiger partial charge >= 0.3 is 0 Å². The van der Waals surface area contributed by atoms with Crippen LogP contribution in [0.25, 0.3) is 0 Å². The minimum absolute atomic E-state index is 0.0868. The molecule has 8 nitrogen and oxygen atoms in total. The van der Waals surface area contributed by atoms with Gasteiger partial charge in [0.15, 0.2) is 6.61 Å². The number of carbonyl (C=O) groups is 1. The number of hydrogen-bond donors (Lipinski definition) is 1. The van der Waals surface area contributed by atoms with E-state index in [9.17, 15) is 13.2 Å². The molecule has 0 fully saturated rings. The lowest BCUT2D eigenvalue weighted by Gasteiger charge is -2.13. The van der Waals surface area contributed by atoms with Crippen molar-refractivity contribution in [2.24, 2.45) is 0 Å². The van der Waals surface area contributed by atoms with Crippen molar-refractivity contribution >= 4 is 21.6 Å². The number of carbonyl (C=O) groups excluding carboxylic acids is 1. The summed E-state index contributed by atoms with van der Waals surface area (Å²) in [5, 5.41) is 2.61. The smallest absolute Gasteiger partial charge is 0.262 e. The van der Waals surface area contributed by atoms with Crippen LogP contribution in [0.15, 0.2) is 47.4 Å². The number of benzene rings is 2. The van der Waals surface area contributed by atoms with E-state index < -0.39 is 15.9 Å². The molecule has 0 aromatic heterocycles. The van der Waals surface area contributed by atoms with Crippen LogP contribution >= 0.6 is 0 Å². The molecule has 1 N–H and O–H groups in total. The van der Waals surface area contributed by atoms with Gasteiger partial charge < -0.3 is 19.5 Å². The molecule has 0 bridgehead atoms. The number of nitrogens with zero attached hydrogens (tertiary/aromatic N) is 1. The molecule has 0 aliphatic heterocycles. The van der Waals surface area contributed by atoms with Gasteiger partial charge in [-0.1, -0.05) is 6.07 Å². The molecule has 0 radical (unpaired) electrons. The minimum Gasteiger partial charge on any atom is -0.496 e. The fourth-order valence-electron chi connectivity index (χ4n) is 2.16. The summed E-state index contributed by atoms with van der Waals surface area (Å²) in [4.78, 5) is 12.2. The van der Waals surface area contributed by atoms with E-state index in [1.54, 1.807) is 30.3 Å². The molecule has 2 aromatic carbocycles. The molecule has 0 saturated heterocycles. The summed E-state index contributed by atoms with van der Waals surface area (Å²) in [7, 11) is 2.33. The Hall–Kier alpha value is -2.78. The topological polar surface area (TPSA) is 94.2 Å². The maximum atomic E-state index is 12.2. The molecule has 2 rings (SSSR count). The van der Waals surface area contributed by atoms with Gasteiger partial charge in [-0.25, -0.2) is 12.7 Å². The first kappa shape index (κ1) is 20.5. The number of anilines is 1. The Morgan fingerprint density at radius 1 is 1.00 bits per heavy atom. The van der Waals surface area contributed by atoms with Gasteiger partial charge in [0.05, 0.1) is 19.1 Å². The van der Waals surface area contributed by atoms with Gasteiger partial charge in [-0.2, -0.15) is 0 Å². The van der Waals surface area contributed by atoms with Crippen molar-refractivity contribution in [1.29, 1.82) is 0 Å². The predicted octanol–water partition coefficient (Wildman–Crippen LogP) is 1.97. The second-order valence-corrected chi connectivity index (χ2v) is 7.85. The van der Waals surface area contributed by atoms with E-state index in [4.69, 9.17) is 14.2 Å². The lowest BCUT2D eigenvalue weighted by molar-refractivity contribution is -0.118. The standard InChI is InChI=1S/C18H22N2O6S/c1-20(2)27(22,23)17-7-5-6-13(8-17)19-18(21)12-26-16-10-14(24-3)9-15(11-16)25-4/h5-11H,12H2,1-4H3,(H,19,21). The number of methoxy groups -OCH3 is 2. The molecule has 0 unspecified atom stereocenters. The van der Waals surface area contributed by atoms with Crippen LogP contribution in [0.5, 0.6) is 17.2 Å². The largest absolute Gasteiger partial charge is 0.496 e. The molecule has 1 amide bonds. The van der Waals surface area contributed by atoms with Gasteiger partial charge in [0.2, 0.25) is 10.0 Å². The van der Waals surface area contributed by atoms with Crippen molar-refractivity contribution in [2.75, 3.05) is 40.2 Å². The number of hydrogen-bond acceptors (Lipinski definition) is 6. The Balaban J connectivity index is 2.05. The molecular weight excluding hydrogens is 372 g/mol. The first-order chi connectivity index (χ1) is 12.8.